The third kappa shape index (κ3) is 2.67. The van der Waals surface area contributed by atoms with Crippen molar-refractivity contribution in [1.29, 1.82) is 0 Å². The third-order valence-electron chi connectivity index (χ3n) is 1.97. The number of methoxy groups -OCH3 is 1. The first kappa shape index (κ1) is 8.02. The van der Waals surface area contributed by atoms with Crippen molar-refractivity contribution in [2.24, 2.45) is 0 Å². The molecule has 1 aliphatic carbocycles. The summed E-state index contributed by atoms with van der Waals surface area (Å²) in [7, 11) is 1.67. The predicted molar refractivity (Wildman–Crippen MR) is 39.8 cm³/mol. The zero-order valence-corrected chi connectivity index (χ0v) is 6.64. The highest BCUT2D eigenvalue weighted by Gasteiger charge is 2.12. The maximum atomic E-state index is 5.41. The van der Waals surface area contributed by atoms with Crippen molar-refractivity contribution in [3.8, 4) is 0 Å². The highest BCUT2D eigenvalue weighted by molar-refractivity contribution is 4.64. The highest BCUT2D eigenvalue weighted by Crippen LogP contribution is 2.19. The van der Waals surface area contributed by atoms with E-state index in [0.717, 1.165) is 0 Å². The Kier molecular flexibility index (Phi) is 3.76. The van der Waals surface area contributed by atoms with Crippen molar-refractivity contribution in [2.45, 2.75) is 38.2 Å². The molecule has 0 heterocycles. The number of ether oxygens (including phenoxy) is 2. The lowest BCUT2D eigenvalue weighted by Crippen LogP contribution is -2.17. The summed E-state index contributed by atoms with van der Waals surface area (Å²) in [5.41, 5.74) is 0. The van der Waals surface area contributed by atoms with E-state index in [9.17, 15) is 0 Å². The van der Waals surface area contributed by atoms with Crippen molar-refractivity contribution in [3.63, 3.8) is 0 Å². The van der Waals surface area contributed by atoms with Crippen molar-refractivity contribution >= 4 is 0 Å². The molecule has 1 fully saturated rings. The van der Waals surface area contributed by atoms with Crippen LogP contribution in [0.5, 0.6) is 0 Å². The molecule has 2 nitrogen and oxygen atoms in total. The van der Waals surface area contributed by atoms with Crippen molar-refractivity contribution < 1.29 is 9.47 Å². The Morgan fingerprint density at radius 3 is 2.50 bits per heavy atom. The summed E-state index contributed by atoms with van der Waals surface area (Å²) in [5.74, 6) is 0. The Labute approximate surface area is 62.5 Å². The molecule has 0 aliphatic heterocycles. The first-order valence-electron chi connectivity index (χ1n) is 4.04. The average Bonchev–Trinajstić information content (AvgIpc) is 2.03. The zero-order chi connectivity index (χ0) is 7.23. The van der Waals surface area contributed by atoms with Crippen LogP contribution in [0.1, 0.15) is 32.1 Å². The quantitative estimate of drug-likeness (QED) is 0.563. The van der Waals surface area contributed by atoms with E-state index in [1.807, 2.05) is 0 Å². The second kappa shape index (κ2) is 4.69. The summed E-state index contributed by atoms with van der Waals surface area (Å²) in [6, 6.07) is 0. The van der Waals surface area contributed by atoms with Gasteiger partial charge in [0, 0.05) is 7.11 Å². The van der Waals surface area contributed by atoms with E-state index in [1.54, 1.807) is 7.11 Å². The van der Waals surface area contributed by atoms with Crippen molar-refractivity contribution in [3.05, 3.63) is 0 Å². The number of rotatable bonds is 3. The molecule has 0 radical (unpaired) electrons. The van der Waals surface area contributed by atoms with Crippen molar-refractivity contribution in [1.82, 2.24) is 0 Å². The van der Waals surface area contributed by atoms with Crippen LogP contribution in [0.2, 0.25) is 0 Å². The zero-order valence-electron chi connectivity index (χ0n) is 6.64. The smallest absolute Gasteiger partial charge is 0.146 e. The molecule has 1 rings (SSSR count). The molecule has 0 saturated heterocycles. The summed E-state index contributed by atoms with van der Waals surface area (Å²) < 4.78 is 10.2. The van der Waals surface area contributed by atoms with Crippen LogP contribution in [-0.2, 0) is 9.47 Å². The fourth-order valence-electron chi connectivity index (χ4n) is 1.40. The standard InChI is InChI=1S/C8H16O2/c1-9-7-10-8-5-3-2-4-6-8/h8H,2-7H2,1H3. The van der Waals surface area contributed by atoms with Gasteiger partial charge in [-0.3, -0.25) is 0 Å². The van der Waals surface area contributed by atoms with Crippen LogP contribution < -0.4 is 0 Å². The molecular formula is C8H16O2. The minimum absolute atomic E-state index is 0.463. The van der Waals surface area contributed by atoms with Gasteiger partial charge >= 0.3 is 0 Å². The second-order valence-electron chi connectivity index (χ2n) is 2.83. The van der Waals surface area contributed by atoms with Crippen LogP contribution in [0.25, 0.3) is 0 Å². The van der Waals surface area contributed by atoms with Gasteiger partial charge in [-0.25, -0.2) is 0 Å². The molecule has 0 spiro atoms. The molecule has 10 heavy (non-hydrogen) atoms. The molecule has 0 aromatic rings. The summed E-state index contributed by atoms with van der Waals surface area (Å²) in [4.78, 5) is 0. The lowest BCUT2D eigenvalue weighted by molar-refractivity contribution is -0.0818. The molecule has 0 N–H and O–H groups in total. The Morgan fingerprint density at radius 1 is 1.20 bits per heavy atom. The second-order valence-corrected chi connectivity index (χ2v) is 2.83. The molecule has 0 atom stereocenters. The molecule has 0 aromatic heterocycles. The van der Waals surface area contributed by atoms with Crippen LogP contribution in [0.4, 0.5) is 0 Å². The highest BCUT2D eigenvalue weighted by atomic mass is 16.7. The van der Waals surface area contributed by atoms with Crippen LogP contribution >= 0.6 is 0 Å². The summed E-state index contributed by atoms with van der Waals surface area (Å²) in [6.45, 7) is 0.463. The van der Waals surface area contributed by atoms with Gasteiger partial charge in [0.15, 0.2) is 0 Å². The first-order chi connectivity index (χ1) is 4.93. The Hall–Kier alpha value is -0.0800. The lowest BCUT2D eigenvalue weighted by Gasteiger charge is -2.21. The minimum Gasteiger partial charge on any atom is -0.359 e. The maximum Gasteiger partial charge on any atom is 0.146 e. The molecule has 0 amide bonds. The van der Waals surface area contributed by atoms with Gasteiger partial charge in [-0.05, 0) is 12.8 Å². The molecule has 1 saturated carbocycles. The molecule has 1 aliphatic rings. The van der Waals surface area contributed by atoms with E-state index in [4.69, 9.17) is 9.47 Å². The molecular weight excluding hydrogens is 128 g/mol. The molecule has 2 heteroatoms. The fraction of sp³-hybridized carbons (Fsp3) is 1.00. The Bertz CT molecular complexity index is 77.3. The largest absolute Gasteiger partial charge is 0.359 e. The van der Waals surface area contributed by atoms with Gasteiger partial charge < -0.3 is 9.47 Å². The van der Waals surface area contributed by atoms with Gasteiger partial charge in [0.25, 0.3) is 0 Å². The van der Waals surface area contributed by atoms with Crippen LogP contribution in [0, 0.1) is 0 Å². The topological polar surface area (TPSA) is 18.5 Å². The van der Waals surface area contributed by atoms with E-state index in [0.29, 0.717) is 12.9 Å². The molecule has 0 bridgehead atoms. The van der Waals surface area contributed by atoms with Crippen LogP contribution in [0.3, 0.4) is 0 Å². The Balaban J connectivity index is 2.02. The summed E-state index contributed by atoms with van der Waals surface area (Å²) in [6.07, 6.45) is 6.97. The van der Waals surface area contributed by atoms with E-state index in [1.165, 1.54) is 32.1 Å². The summed E-state index contributed by atoms with van der Waals surface area (Å²) in [5, 5.41) is 0. The average molecular weight is 144 g/mol. The van der Waals surface area contributed by atoms with E-state index in [-0.39, 0.29) is 0 Å². The third-order valence-corrected chi connectivity index (χ3v) is 1.97. The lowest BCUT2D eigenvalue weighted by atomic mass is 9.98. The SMILES string of the molecule is COCOC1CCCCC1. The van der Waals surface area contributed by atoms with Gasteiger partial charge in [-0.15, -0.1) is 0 Å². The van der Waals surface area contributed by atoms with Crippen molar-refractivity contribution in [2.75, 3.05) is 13.9 Å². The van der Waals surface area contributed by atoms with E-state index >= 15 is 0 Å². The van der Waals surface area contributed by atoms with E-state index < -0.39 is 0 Å². The van der Waals surface area contributed by atoms with Gasteiger partial charge in [-0.2, -0.15) is 0 Å². The van der Waals surface area contributed by atoms with E-state index in [2.05, 4.69) is 0 Å². The number of hydrogen-bond acceptors (Lipinski definition) is 2. The summed E-state index contributed by atoms with van der Waals surface area (Å²) >= 11 is 0. The fourth-order valence-corrected chi connectivity index (χ4v) is 1.40. The molecule has 0 unspecified atom stereocenters. The minimum atomic E-state index is 0.463. The monoisotopic (exact) mass is 144 g/mol. The van der Waals surface area contributed by atoms with Gasteiger partial charge in [-0.1, -0.05) is 19.3 Å². The van der Waals surface area contributed by atoms with Gasteiger partial charge in [0.05, 0.1) is 6.10 Å². The Morgan fingerprint density at radius 2 is 1.90 bits per heavy atom. The van der Waals surface area contributed by atoms with Gasteiger partial charge in [0.2, 0.25) is 0 Å². The number of hydrogen-bond donors (Lipinski definition) is 0. The molecule has 60 valence electrons. The maximum absolute atomic E-state index is 5.41. The first-order valence-corrected chi connectivity index (χ1v) is 4.04. The normalized spacial score (nSPS) is 21.3. The van der Waals surface area contributed by atoms with Crippen LogP contribution in [-0.4, -0.2) is 20.0 Å². The molecule has 0 aromatic carbocycles. The van der Waals surface area contributed by atoms with Crippen LogP contribution in [0.15, 0.2) is 0 Å². The predicted octanol–water partition coefficient (Wildman–Crippen LogP) is 1.94. The van der Waals surface area contributed by atoms with Gasteiger partial charge in [0.1, 0.15) is 6.79 Å².